The molecule has 1 aliphatic heterocycles. The van der Waals surface area contributed by atoms with Crippen molar-refractivity contribution in [2.75, 3.05) is 24.5 Å². The molecule has 2 aromatic rings. The number of piperidine rings is 1. The van der Waals surface area contributed by atoms with Gasteiger partial charge in [0.15, 0.2) is 0 Å². The first-order valence-electron chi connectivity index (χ1n) is 8.39. The van der Waals surface area contributed by atoms with E-state index in [2.05, 4.69) is 34.4 Å². The van der Waals surface area contributed by atoms with Gasteiger partial charge in [-0.3, -0.25) is 0 Å². The second-order valence-corrected chi connectivity index (χ2v) is 5.91. The lowest BCUT2D eigenvalue weighted by Crippen LogP contribution is -2.30. The number of aromatic nitrogens is 1. The lowest BCUT2D eigenvalue weighted by atomic mass is 10.1. The van der Waals surface area contributed by atoms with Crippen molar-refractivity contribution >= 4 is 5.88 Å². The number of anilines is 1. The summed E-state index contributed by atoms with van der Waals surface area (Å²) in [5.41, 5.74) is 3.30. The van der Waals surface area contributed by atoms with Crippen molar-refractivity contribution in [3.63, 3.8) is 0 Å². The second kappa shape index (κ2) is 7.45. The topological polar surface area (TPSA) is 41.3 Å². The third-order valence-corrected chi connectivity index (χ3v) is 4.19. The van der Waals surface area contributed by atoms with Gasteiger partial charge in [-0.2, -0.15) is 0 Å². The van der Waals surface area contributed by atoms with Gasteiger partial charge < -0.3 is 14.7 Å². The second-order valence-electron chi connectivity index (χ2n) is 5.91. The van der Waals surface area contributed by atoms with Crippen LogP contribution in [0, 0.1) is 0 Å². The SMILES string of the molecule is CCCNCc1c(-c2ccccc2)noc1N1CCCCC1. The maximum atomic E-state index is 5.76. The van der Waals surface area contributed by atoms with E-state index in [1.165, 1.54) is 24.8 Å². The van der Waals surface area contributed by atoms with Crippen molar-refractivity contribution < 1.29 is 4.52 Å². The monoisotopic (exact) mass is 299 g/mol. The minimum absolute atomic E-state index is 0.813. The third kappa shape index (κ3) is 3.33. The molecule has 22 heavy (non-hydrogen) atoms. The molecule has 1 fully saturated rings. The minimum atomic E-state index is 0.813. The summed E-state index contributed by atoms with van der Waals surface area (Å²) in [7, 11) is 0. The fourth-order valence-corrected chi connectivity index (χ4v) is 3.02. The van der Waals surface area contributed by atoms with Crippen molar-refractivity contribution in [1.82, 2.24) is 10.5 Å². The van der Waals surface area contributed by atoms with Crippen molar-refractivity contribution in [1.29, 1.82) is 0 Å². The zero-order valence-corrected chi connectivity index (χ0v) is 13.3. The number of rotatable bonds is 6. The maximum Gasteiger partial charge on any atom is 0.232 e. The van der Waals surface area contributed by atoms with Gasteiger partial charge in [0.05, 0.1) is 5.56 Å². The summed E-state index contributed by atoms with van der Waals surface area (Å²) >= 11 is 0. The lowest BCUT2D eigenvalue weighted by molar-refractivity contribution is 0.405. The van der Waals surface area contributed by atoms with Gasteiger partial charge in [-0.15, -0.1) is 0 Å². The molecule has 2 heterocycles. The molecule has 1 aromatic carbocycles. The molecule has 4 nitrogen and oxygen atoms in total. The Balaban J connectivity index is 1.90. The van der Waals surface area contributed by atoms with Crippen LogP contribution in [-0.2, 0) is 6.54 Å². The fraction of sp³-hybridized carbons (Fsp3) is 0.500. The summed E-state index contributed by atoms with van der Waals surface area (Å²) in [6, 6.07) is 10.3. The van der Waals surface area contributed by atoms with Crippen LogP contribution in [0.4, 0.5) is 5.88 Å². The van der Waals surface area contributed by atoms with Crippen LogP contribution in [0.25, 0.3) is 11.3 Å². The van der Waals surface area contributed by atoms with E-state index in [-0.39, 0.29) is 0 Å². The van der Waals surface area contributed by atoms with Crippen LogP contribution in [0.1, 0.15) is 38.2 Å². The Bertz CT molecular complexity index is 573. The molecule has 4 heteroatoms. The lowest BCUT2D eigenvalue weighted by Gasteiger charge is -2.26. The van der Waals surface area contributed by atoms with Gasteiger partial charge in [-0.05, 0) is 32.2 Å². The number of hydrogen-bond donors (Lipinski definition) is 1. The molecule has 0 saturated carbocycles. The first-order chi connectivity index (χ1) is 10.9. The normalized spacial score (nSPS) is 15.2. The van der Waals surface area contributed by atoms with Crippen LogP contribution < -0.4 is 10.2 Å². The molecular weight excluding hydrogens is 274 g/mol. The van der Waals surface area contributed by atoms with E-state index in [4.69, 9.17) is 4.52 Å². The average molecular weight is 299 g/mol. The number of nitrogens with one attached hydrogen (secondary N) is 1. The van der Waals surface area contributed by atoms with Gasteiger partial charge in [-0.25, -0.2) is 0 Å². The molecule has 0 unspecified atom stereocenters. The predicted molar refractivity (Wildman–Crippen MR) is 90.0 cm³/mol. The Morgan fingerprint density at radius 3 is 2.64 bits per heavy atom. The van der Waals surface area contributed by atoms with Crippen LogP contribution >= 0.6 is 0 Å². The molecule has 0 atom stereocenters. The molecular formula is C18H25N3O. The molecule has 1 aliphatic rings. The van der Waals surface area contributed by atoms with Crippen molar-refractivity contribution in [2.24, 2.45) is 0 Å². The Morgan fingerprint density at radius 1 is 1.14 bits per heavy atom. The van der Waals surface area contributed by atoms with Gasteiger partial charge >= 0.3 is 0 Å². The molecule has 1 saturated heterocycles. The van der Waals surface area contributed by atoms with Crippen LogP contribution in [0.3, 0.4) is 0 Å². The smallest absolute Gasteiger partial charge is 0.232 e. The van der Waals surface area contributed by atoms with Crippen LogP contribution in [-0.4, -0.2) is 24.8 Å². The first-order valence-corrected chi connectivity index (χ1v) is 8.39. The molecule has 0 radical (unpaired) electrons. The number of hydrogen-bond acceptors (Lipinski definition) is 4. The fourth-order valence-electron chi connectivity index (χ4n) is 3.02. The highest BCUT2D eigenvalue weighted by atomic mass is 16.5. The predicted octanol–water partition coefficient (Wildman–Crippen LogP) is 3.83. The quantitative estimate of drug-likeness (QED) is 0.823. The zero-order chi connectivity index (χ0) is 15.2. The standard InChI is InChI=1S/C18H25N3O/c1-2-11-19-14-16-17(15-9-5-3-6-10-15)20-22-18(16)21-12-7-4-8-13-21/h3,5-6,9-10,19H,2,4,7-8,11-14H2,1H3. The van der Waals surface area contributed by atoms with Gasteiger partial charge in [0.1, 0.15) is 5.69 Å². The van der Waals surface area contributed by atoms with Crippen molar-refractivity contribution in [2.45, 2.75) is 39.2 Å². The Morgan fingerprint density at radius 2 is 1.91 bits per heavy atom. The highest BCUT2D eigenvalue weighted by Crippen LogP contribution is 2.32. The third-order valence-electron chi connectivity index (χ3n) is 4.19. The molecule has 0 bridgehead atoms. The van der Waals surface area contributed by atoms with E-state index < -0.39 is 0 Å². The van der Waals surface area contributed by atoms with E-state index in [0.29, 0.717) is 0 Å². The summed E-state index contributed by atoms with van der Waals surface area (Å²) in [4.78, 5) is 2.35. The van der Waals surface area contributed by atoms with E-state index in [9.17, 15) is 0 Å². The van der Waals surface area contributed by atoms with E-state index in [0.717, 1.165) is 49.7 Å². The van der Waals surface area contributed by atoms with Gasteiger partial charge in [-0.1, -0.05) is 42.4 Å². The summed E-state index contributed by atoms with van der Waals surface area (Å²) in [5, 5.41) is 7.88. The summed E-state index contributed by atoms with van der Waals surface area (Å²) in [5.74, 6) is 0.960. The number of benzene rings is 1. The molecule has 1 N–H and O–H groups in total. The minimum Gasteiger partial charge on any atom is -0.340 e. The van der Waals surface area contributed by atoms with Crippen molar-refractivity contribution in [3.8, 4) is 11.3 Å². The van der Waals surface area contributed by atoms with Crippen LogP contribution in [0.2, 0.25) is 0 Å². The first kappa shape index (κ1) is 15.1. The van der Waals surface area contributed by atoms with Gasteiger partial charge in [0.2, 0.25) is 5.88 Å². The summed E-state index contributed by atoms with van der Waals surface area (Å²) < 4.78 is 5.76. The molecule has 0 aliphatic carbocycles. The van der Waals surface area contributed by atoms with Gasteiger partial charge in [0, 0.05) is 25.2 Å². The van der Waals surface area contributed by atoms with Crippen LogP contribution in [0.15, 0.2) is 34.9 Å². The molecule has 1 aromatic heterocycles. The molecule has 3 rings (SSSR count). The highest BCUT2D eigenvalue weighted by Gasteiger charge is 2.23. The van der Waals surface area contributed by atoms with Gasteiger partial charge in [0.25, 0.3) is 0 Å². The average Bonchev–Trinajstić information content (AvgIpc) is 3.01. The van der Waals surface area contributed by atoms with E-state index >= 15 is 0 Å². The Labute approximate surface area is 132 Å². The largest absolute Gasteiger partial charge is 0.340 e. The summed E-state index contributed by atoms with van der Waals surface area (Å²) in [6.45, 7) is 6.16. The Kier molecular flexibility index (Phi) is 5.11. The van der Waals surface area contributed by atoms with E-state index in [1.807, 2.05) is 18.2 Å². The van der Waals surface area contributed by atoms with E-state index in [1.54, 1.807) is 0 Å². The molecule has 0 spiro atoms. The Hall–Kier alpha value is -1.81. The van der Waals surface area contributed by atoms with Crippen LogP contribution in [0.5, 0.6) is 0 Å². The molecule has 118 valence electrons. The summed E-state index contributed by atoms with van der Waals surface area (Å²) in [6.07, 6.45) is 4.93. The zero-order valence-electron chi connectivity index (χ0n) is 13.3. The highest BCUT2D eigenvalue weighted by molar-refractivity contribution is 5.68. The molecule has 0 amide bonds. The van der Waals surface area contributed by atoms with Crippen molar-refractivity contribution in [3.05, 3.63) is 35.9 Å². The number of nitrogens with zero attached hydrogens (tertiary/aromatic N) is 2. The maximum absolute atomic E-state index is 5.76.